The molecule has 9 nitrogen and oxygen atoms in total. The summed E-state index contributed by atoms with van der Waals surface area (Å²) in [5, 5.41) is 21.5. The molecule has 0 bridgehead atoms. The van der Waals surface area contributed by atoms with Gasteiger partial charge in [0, 0.05) is 10.6 Å². The Kier molecular flexibility index (Phi) is 18.3. The van der Waals surface area contributed by atoms with Crippen molar-refractivity contribution in [2.24, 2.45) is 5.92 Å². The summed E-state index contributed by atoms with van der Waals surface area (Å²) in [7, 11) is 1.38. The number of benzene rings is 3. The molecular formula is C41H54O9. The molecule has 0 saturated heterocycles. The first kappa shape index (κ1) is 40.4. The van der Waals surface area contributed by atoms with Crippen LogP contribution in [0.1, 0.15) is 102 Å². The lowest BCUT2D eigenvalue weighted by Crippen LogP contribution is -2.13. The van der Waals surface area contributed by atoms with Gasteiger partial charge in [-0.1, -0.05) is 107 Å². The molecule has 3 aromatic rings. The molecule has 2 N–H and O–H groups in total. The molecule has 0 radical (unpaired) electrons. The van der Waals surface area contributed by atoms with Crippen molar-refractivity contribution >= 4 is 12.3 Å². The molecule has 0 spiro atoms. The van der Waals surface area contributed by atoms with Crippen LogP contribution >= 0.6 is 0 Å². The fraction of sp³-hybridized carbons (Fsp3) is 0.463. The van der Waals surface area contributed by atoms with Crippen LogP contribution in [0.15, 0.2) is 72.8 Å². The van der Waals surface area contributed by atoms with Crippen LogP contribution in [0.2, 0.25) is 0 Å². The lowest BCUT2D eigenvalue weighted by molar-refractivity contribution is -0.437. The lowest BCUT2D eigenvalue weighted by atomic mass is 9.77. The molecule has 0 aromatic heterocycles. The van der Waals surface area contributed by atoms with Crippen molar-refractivity contribution in [3.05, 3.63) is 83.9 Å². The Morgan fingerprint density at radius 1 is 0.840 bits per heavy atom. The van der Waals surface area contributed by atoms with Gasteiger partial charge in [0.2, 0.25) is 11.5 Å². The van der Waals surface area contributed by atoms with Gasteiger partial charge in [-0.2, -0.15) is 4.89 Å². The van der Waals surface area contributed by atoms with E-state index in [1.165, 1.54) is 93.6 Å². The Morgan fingerprint density at radius 3 is 2.16 bits per heavy atom. The molecule has 1 aliphatic carbocycles. The predicted molar refractivity (Wildman–Crippen MR) is 194 cm³/mol. The molecular weight excluding hydrogens is 636 g/mol. The van der Waals surface area contributed by atoms with Gasteiger partial charge in [-0.15, -0.1) is 0 Å². The number of aldehydes is 1. The summed E-state index contributed by atoms with van der Waals surface area (Å²) in [5.41, 5.74) is 7.18. The fourth-order valence-electron chi connectivity index (χ4n) is 6.28. The Balaban J connectivity index is 0.00000103. The maximum atomic E-state index is 11.5. The van der Waals surface area contributed by atoms with Crippen molar-refractivity contribution in [2.45, 2.75) is 96.8 Å². The number of rotatable bonds is 19. The zero-order valence-corrected chi connectivity index (χ0v) is 29.9. The van der Waals surface area contributed by atoms with E-state index in [2.05, 4.69) is 72.8 Å². The van der Waals surface area contributed by atoms with Crippen LogP contribution in [0.25, 0.3) is 22.3 Å². The van der Waals surface area contributed by atoms with E-state index in [9.17, 15) is 9.59 Å². The van der Waals surface area contributed by atoms with Gasteiger partial charge < -0.3 is 15.1 Å². The predicted octanol–water partition coefficient (Wildman–Crippen LogP) is 9.04. The van der Waals surface area contributed by atoms with Crippen molar-refractivity contribution in [1.29, 1.82) is 0 Å². The topological polar surface area (TPSA) is 121 Å². The number of carbonyl (C=O) groups excluding carboxylic acids is 2. The molecule has 0 aliphatic heterocycles. The molecule has 1 fully saturated rings. The van der Waals surface area contributed by atoms with Crippen LogP contribution in [0.5, 0.6) is 11.5 Å². The molecule has 9 heteroatoms. The lowest BCUT2D eigenvalue weighted by Gasteiger charge is -2.29. The zero-order chi connectivity index (χ0) is 36.1. The molecule has 3 aromatic carbocycles. The van der Waals surface area contributed by atoms with Crippen molar-refractivity contribution in [3.63, 3.8) is 0 Å². The smallest absolute Gasteiger partial charge is 0.348 e. The number of unbranched alkanes of at least 4 members (excludes halogenated alkanes) is 4. The second-order valence-corrected chi connectivity index (χ2v) is 12.7. The SMILES string of the molecule is C=C(C=O)CO.CCCCCCCC1CCC(c2ccc(-c3ccc(-c4ccc(OOC)c(OOOC(=O)CCO)c4)c(CC)c3)cc2)CC1. The third-order valence-electron chi connectivity index (χ3n) is 9.13. The Hall–Kier alpha value is -4.02. The van der Waals surface area contributed by atoms with Crippen LogP contribution in [0, 0.1) is 5.92 Å². The van der Waals surface area contributed by atoms with E-state index >= 15 is 0 Å². The second-order valence-electron chi connectivity index (χ2n) is 12.7. The van der Waals surface area contributed by atoms with Crippen LogP contribution in [-0.2, 0) is 30.8 Å². The molecule has 1 aliphatic rings. The van der Waals surface area contributed by atoms with Crippen molar-refractivity contribution in [3.8, 4) is 33.8 Å². The maximum absolute atomic E-state index is 11.5. The Bertz CT molecular complexity index is 1460. The summed E-state index contributed by atoms with van der Waals surface area (Å²) in [5.74, 6) is 1.26. The van der Waals surface area contributed by atoms with E-state index in [0.717, 1.165) is 23.5 Å². The first-order valence-electron chi connectivity index (χ1n) is 17.8. The van der Waals surface area contributed by atoms with Crippen LogP contribution in [0.3, 0.4) is 0 Å². The molecule has 4 rings (SSSR count). The third kappa shape index (κ3) is 13.0. The molecule has 272 valence electrons. The zero-order valence-electron chi connectivity index (χ0n) is 29.9. The summed E-state index contributed by atoms with van der Waals surface area (Å²) in [4.78, 5) is 40.7. The fourth-order valence-corrected chi connectivity index (χ4v) is 6.28. The second kappa shape index (κ2) is 22.6. The molecule has 50 heavy (non-hydrogen) atoms. The summed E-state index contributed by atoms with van der Waals surface area (Å²) in [6.07, 6.45) is 14.8. The van der Waals surface area contributed by atoms with Gasteiger partial charge in [0.05, 0.1) is 26.7 Å². The van der Waals surface area contributed by atoms with Gasteiger partial charge in [-0.3, -0.25) is 14.6 Å². The van der Waals surface area contributed by atoms with Gasteiger partial charge >= 0.3 is 5.97 Å². The molecule has 0 amide bonds. The van der Waals surface area contributed by atoms with E-state index in [1.807, 2.05) is 6.07 Å². The highest BCUT2D eigenvalue weighted by Crippen LogP contribution is 2.39. The van der Waals surface area contributed by atoms with E-state index in [4.69, 9.17) is 24.9 Å². The maximum Gasteiger partial charge on any atom is 0.348 e. The quantitative estimate of drug-likeness (QED) is 0.0417. The van der Waals surface area contributed by atoms with Gasteiger partial charge in [-0.05, 0) is 89.5 Å². The highest BCUT2D eigenvalue weighted by molar-refractivity contribution is 5.75. The van der Waals surface area contributed by atoms with E-state index in [0.29, 0.717) is 12.2 Å². The molecule has 0 heterocycles. The Morgan fingerprint density at radius 2 is 1.54 bits per heavy atom. The van der Waals surface area contributed by atoms with E-state index in [-0.39, 0.29) is 36.7 Å². The average Bonchev–Trinajstić information content (AvgIpc) is 3.15. The van der Waals surface area contributed by atoms with Gasteiger partial charge in [-0.25, -0.2) is 4.79 Å². The Labute approximate surface area is 297 Å². The summed E-state index contributed by atoms with van der Waals surface area (Å²) < 4.78 is 0. The molecule has 1 saturated carbocycles. The number of hydrogen-bond acceptors (Lipinski definition) is 9. The van der Waals surface area contributed by atoms with E-state index < -0.39 is 5.97 Å². The first-order chi connectivity index (χ1) is 24.4. The highest BCUT2D eigenvalue weighted by Gasteiger charge is 2.22. The third-order valence-corrected chi connectivity index (χ3v) is 9.13. The minimum Gasteiger partial charge on any atom is -0.396 e. The largest absolute Gasteiger partial charge is 0.396 e. The van der Waals surface area contributed by atoms with Crippen LogP contribution in [-0.4, -0.2) is 42.8 Å². The monoisotopic (exact) mass is 690 g/mol. The number of aliphatic hydroxyl groups is 2. The number of hydrogen-bond donors (Lipinski definition) is 2. The first-order valence-corrected chi connectivity index (χ1v) is 17.8. The van der Waals surface area contributed by atoms with Crippen LogP contribution in [0.4, 0.5) is 0 Å². The minimum absolute atomic E-state index is 0.170. The van der Waals surface area contributed by atoms with Crippen molar-refractivity contribution in [2.75, 3.05) is 20.3 Å². The minimum atomic E-state index is -0.759. The number of aliphatic hydroxyl groups excluding tert-OH is 2. The summed E-state index contributed by atoms with van der Waals surface area (Å²) in [6.45, 7) is 7.01. The molecule has 0 atom stereocenters. The van der Waals surface area contributed by atoms with E-state index in [1.54, 1.807) is 12.1 Å². The molecule has 0 unspecified atom stereocenters. The van der Waals surface area contributed by atoms with Crippen molar-refractivity contribution < 1.29 is 44.4 Å². The van der Waals surface area contributed by atoms with Gasteiger partial charge in [0.15, 0.2) is 0 Å². The normalized spacial score (nSPS) is 15.4. The van der Waals surface area contributed by atoms with Gasteiger partial charge in [0.1, 0.15) is 6.29 Å². The van der Waals surface area contributed by atoms with Gasteiger partial charge in [0.25, 0.3) is 0 Å². The summed E-state index contributed by atoms with van der Waals surface area (Å²) in [6, 6.07) is 21.0. The average molecular weight is 691 g/mol. The number of carbonyl (C=O) groups is 2. The number of aryl methyl sites for hydroxylation is 1. The van der Waals surface area contributed by atoms with Crippen LogP contribution < -0.4 is 9.78 Å². The van der Waals surface area contributed by atoms with Crippen molar-refractivity contribution in [1.82, 2.24) is 0 Å². The standard InChI is InChI=1S/C37H48O7.C4H6O2/c1-4-6-7-8-9-10-27-11-13-29(14-12-27)30-15-17-31(18-16-30)32-19-21-34(28(5-2)25-32)33-20-22-35(41-40-3)36(26-33)42-44-43-37(39)23-24-38;1-4(2-5)3-6/h15-22,25-27,29,38H,4-14,23-24H2,1-3H3;2,6H,1,3H2. The highest BCUT2D eigenvalue weighted by atomic mass is 17.5. The summed E-state index contributed by atoms with van der Waals surface area (Å²) >= 11 is 0.